The van der Waals surface area contributed by atoms with Gasteiger partial charge < -0.3 is 20.3 Å². The van der Waals surface area contributed by atoms with Crippen molar-refractivity contribution in [2.75, 3.05) is 19.8 Å². The molecule has 0 heterocycles. The molecule has 1 unspecified atom stereocenters. The Bertz CT molecular complexity index is 344. The maximum absolute atomic E-state index is 9.89. The molecule has 0 spiro atoms. The molecule has 0 saturated carbocycles. The van der Waals surface area contributed by atoms with Gasteiger partial charge in [0.05, 0.1) is 25.4 Å². The molecule has 1 atom stereocenters. The first-order valence-corrected chi connectivity index (χ1v) is 7.29. The topological polar surface area (TPSA) is 64.7 Å². The van der Waals surface area contributed by atoms with Gasteiger partial charge in [0.15, 0.2) is 0 Å². The maximum atomic E-state index is 9.89. The summed E-state index contributed by atoms with van der Waals surface area (Å²) in [7, 11) is 0. The molecule has 0 radical (unpaired) electrons. The van der Waals surface area contributed by atoms with E-state index in [-0.39, 0.29) is 18.8 Å². The summed E-state index contributed by atoms with van der Waals surface area (Å²) >= 11 is 0. The summed E-state index contributed by atoms with van der Waals surface area (Å²) < 4.78 is 11.3. The minimum Gasteiger partial charge on any atom is -0.388 e. The molecule has 1 rings (SSSR count). The van der Waals surface area contributed by atoms with Crippen LogP contribution in [0, 0.1) is 0 Å². The largest absolute Gasteiger partial charge is 0.388 e. The van der Waals surface area contributed by atoms with E-state index in [1.165, 1.54) is 0 Å². The van der Waals surface area contributed by atoms with Crippen molar-refractivity contribution in [1.29, 1.82) is 0 Å². The van der Waals surface area contributed by atoms with E-state index >= 15 is 0 Å². The third-order valence-electron chi connectivity index (χ3n) is 3.66. The fourth-order valence-electron chi connectivity index (χ4n) is 2.01. The van der Waals surface area contributed by atoms with Gasteiger partial charge in [-0.3, -0.25) is 0 Å². The number of ether oxygens (including phenoxy) is 2. The number of aliphatic hydroxyl groups is 1. The standard InChI is InChI=1S/C16H27NO3/c1-3-16(4-2,13-17)20-12-15(18)11-19-10-14-8-6-5-7-9-14/h5-9,15,18H,3-4,10-13,17H2,1-2H3. The molecule has 0 amide bonds. The first-order valence-electron chi connectivity index (χ1n) is 7.29. The molecule has 0 fully saturated rings. The highest BCUT2D eigenvalue weighted by Gasteiger charge is 2.26. The molecule has 0 aliphatic carbocycles. The molecule has 0 aliphatic rings. The Balaban J connectivity index is 2.25. The van der Waals surface area contributed by atoms with Crippen LogP contribution in [0.4, 0.5) is 0 Å². The molecular weight excluding hydrogens is 254 g/mol. The van der Waals surface area contributed by atoms with Crippen LogP contribution in [0.25, 0.3) is 0 Å². The lowest BCUT2D eigenvalue weighted by Gasteiger charge is -2.31. The van der Waals surface area contributed by atoms with Gasteiger partial charge in [0.1, 0.15) is 6.10 Å². The zero-order valence-electron chi connectivity index (χ0n) is 12.5. The molecule has 3 N–H and O–H groups in total. The number of aliphatic hydroxyl groups excluding tert-OH is 1. The number of nitrogens with two attached hydrogens (primary N) is 1. The lowest BCUT2D eigenvalue weighted by atomic mass is 9.97. The Labute approximate surface area is 121 Å². The molecular formula is C16H27NO3. The van der Waals surface area contributed by atoms with Crippen LogP contribution in [0.3, 0.4) is 0 Å². The highest BCUT2D eigenvalue weighted by atomic mass is 16.5. The van der Waals surface area contributed by atoms with Gasteiger partial charge in [0.2, 0.25) is 0 Å². The second kappa shape index (κ2) is 9.08. The second-order valence-corrected chi connectivity index (χ2v) is 5.06. The van der Waals surface area contributed by atoms with Gasteiger partial charge in [-0.2, -0.15) is 0 Å². The summed E-state index contributed by atoms with van der Waals surface area (Å²) in [6.07, 6.45) is 1.07. The first-order chi connectivity index (χ1) is 9.65. The van der Waals surface area contributed by atoms with Crippen molar-refractivity contribution < 1.29 is 14.6 Å². The van der Waals surface area contributed by atoms with Crippen LogP contribution in [-0.2, 0) is 16.1 Å². The summed E-state index contributed by atoms with van der Waals surface area (Å²) in [5.74, 6) is 0. The van der Waals surface area contributed by atoms with Crippen molar-refractivity contribution in [2.45, 2.75) is 45.0 Å². The molecule has 1 aromatic rings. The Morgan fingerprint density at radius 3 is 2.35 bits per heavy atom. The minimum atomic E-state index is -0.622. The van der Waals surface area contributed by atoms with E-state index in [9.17, 15) is 5.11 Å². The fourth-order valence-corrected chi connectivity index (χ4v) is 2.01. The third-order valence-corrected chi connectivity index (χ3v) is 3.66. The highest BCUT2D eigenvalue weighted by molar-refractivity contribution is 5.13. The predicted molar refractivity (Wildman–Crippen MR) is 80.4 cm³/mol. The highest BCUT2D eigenvalue weighted by Crippen LogP contribution is 2.19. The quantitative estimate of drug-likeness (QED) is 0.689. The van der Waals surface area contributed by atoms with Gasteiger partial charge in [-0.1, -0.05) is 44.2 Å². The van der Waals surface area contributed by atoms with Crippen LogP contribution in [0.5, 0.6) is 0 Å². The van der Waals surface area contributed by atoms with Crippen molar-refractivity contribution in [3.05, 3.63) is 35.9 Å². The van der Waals surface area contributed by atoms with Crippen molar-refractivity contribution in [3.63, 3.8) is 0 Å². The third kappa shape index (κ3) is 5.59. The first kappa shape index (κ1) is 17.1. The minimum absolute atomic E-state index is 0.258. The monoisotopic (exact) mass is 281 g/mol. The SMILES string of the molecule is CCC(CC)(CN)OCC(O)COCc1ccccc1. The molecule has 4 heteroatoms. The van der Waals surface area contributed by atoms with Gasteiger partial charge in [0, 0.05) is 6.54 Å². The molecule has 4 nitrogen and oxygen atoms in total. The molecule has 0 aliphatic heterocycles. The summed E-state index contributed by atoms with van der Waals surface area (Å²) in [5, 5.41) is 9.89. The van der Waals surface area contributed by atoms with Gasteiger partial charge in [-0.15, -0.1) is 0 Å². The van der Waals surface area contributed by atoms with Crippen molar-refractivity contribution in [2.24, 2.45) is 5.73 Å². The number of hydrogen-bond donors (Lipinski definition) is 2. The van der Waals surface area contributed by atoms with E-state index in [1.54, 1.807) is 0 Å². The van der Waals surface area contributed by atoms with Crippen LogP contribution >= 0.6 is 0 Å². The molecule has 0 aromatic heterocycles. The van der Waals surface area contributed by atoms with Crippen LogP contribution < -0.4 is 5.73 Å². The van der Waals surface area contributed by atoms with Crippen molar-refractivity contribution in [1.82, 2.24) is 0 Å². The Kier molecular flexibility index (Phi) is 7.77. The lowest BCUT2D eigenvalue weighted by molar-refractivity contribution is -0.0959. The summed E-state index contributed by atoms with van der Waals surface area (Å²) in [5.41, 5.74) is 6.53. The average molecular weight is 281 g/mol. The Hall–Kier alpha value is -0.940. The molecule has 114 valence electrons. The van der Waals surface area contributed by atoms with E-state index in [0.29, 0.717) is 13.2 Å². The summed E-state index contributed by atoms with van der Waals surface area (Å²) in [6, 6.07) is 9.90. The van der Waals surface area contributed by atoms with Crippen molar-refractivity contribution >= 4 is 0 Å². The Morgan fingerprint density at radius 1 is 1.15 bits per heavy atom. The van der Waals surface area contributed by atoms with Crippen LogP contribution in [0.15, 0.2) is 30.3 Å². The smallest absolute Gasteiger partial charge is 0.101 e. The molecule has 1 aromatic carbocycles. The zero-order valence-corrected chi connectivity index (χ0v) is 12.5. The Morgan fingerprint density at radius 2 is 1.80 bits per heavy atom. The van der Waals surface area contributed by atoms with Crippen LogP contribution in [-0.4, -0.2) is 36.6 Å². The summed E-state index contributed by atoms with van der Waals surface area (Å²) in [4.78, 5) is 0. The molecule has 0 bridgehead atoms. The van der Waals surface area contributed by atoms with Gasteiger partial charge >= 0.3 is 0 Å². The number of rotatable bonds is 10. The average Bonchev–Trinajstić information content (AvgIpc) is 2.50. The molecule has 0 saturated heterocycles. The second-order valence-electron chi connectivity index (χ2n) is 5.06. The fraction of sp³-hybridized carbons (Fsp3) is 0.625. The van der Waals surface area contributed by atoms with E-state index in [0.717, 1.165) is 18.4 Å². The molecule has 20 heavy (non-hydrogen) atoms. The lowest BCUT2D eigenvalue weighted by Crippen LogP contribution is -2.42. The van der Waals surface area contributed by atoms with E-state index in [2.05, 4.69) is 13.8 Å². The zero-order chi connectivity index (χ0) is 14.8. The van der Waals surface area contributed by atoms with Gasteiger partial charge in [-0.25, -0.2) is 0 Å². The van der Waals surface area contributed by atoms with Gasteiger partial charge in [-0.05, 0) is 18.4 Å². The van der Waals surface area contributed by atoms with E-state index < -0.39 is 6.10 Å². The number of hydrogen-bond acceptors (Lipinski definition) is 4. The van der Waals surface area contributed by atoms with Gasteiger partial charge in [0.25, 0.3) is 0 Å². The van der Waals surface area contributed by atoms with E-state index in [4.69, 9.17) is 15.2 Å². The normalized spacial score (nSPS) is 13.4. The number of benzene rings is 1. The summed E-state index contributed by atoms with van der Waals surface area (Å²) in [6.45, 7) is 5.60. The van der Waals surface area contributed by atoms with Crippen LogP contribution in [0.1, 0.15) is 32.3 Å². The van der Waals surface area contributed by atoms with Crippen LogP contribution in [0.2, 0.25) is 0 Å². The van der Waals surface area contributed by atoms with E-state index in [1.807, 2.05) is 30.3 Å². The maximum Gasteiger partial charge on any atom is 0.101 e. The van der Waals surface area contributed by atoms with Crippen molar-refractivity contribution in [3.8, 4) is 0 Å². The predicted octanol–water partition coefficient (Wildman–Crippen LogP) is 2.10.